The summed E-state index contributed by atoms with van der Waals surface area (Å²) < 4.78 is 10.6. The van der Waals surface area contributed by atoms with Crippen molar-refractivity contribution in [3.8, 4) is 11.5 Å². The van der Waals surface area contributed by atoms with Crippen molar-refractivity contribution in [3.63, 3.8) is 0 Å². The molecule has 0 unspecified atom stereocenters. The van der Waals surface area contributed by atoms with E-state index in [1.165, 1.54) is 29.2 Å². The van der Waals surface area contributed by atoms with Crippen LogP contribution in [-0.4, -0.2) is 65.5 Å². The van der Waals surface area contributed by atoms with Gasteiger partial charge in [0, 0.05) is 24.2 Å². The number of hydrogen-bond donors (Lipinski definition) is 1. The summed E-state index contributed by atoms with van der Waals surface area (Å²) in [4.78, 5) is 40.1. The molecular formula is C23H23N3O7. The van der Waals surface area contributed by atoms with Crippen molar-refractivity contribution in [2.75, 3.05) is 34.0 Å². The Morgan fingerprint density at radius 2 is 1.94 bits per heavy atom. The summed E-state index contributed by atoms with van der Waals surface area (Å²) in [6, 6.07) is 9.49. The van der Waals surface area contributed by atoms with Crippen LogP contribution in [0.25, 0.3) is 5.76 Å². The minimum atomic E-state index is -0.961. The predicted molar refractivity (Wildman–Crippen MR) is 118 cm³/mol. The molecule has 10 heteroatoms. The summed E-state index contributed by atoms with van der Waals surface area (Å²) in [6.45, 7) is 0.963. The van der Waals surface area contributed by atoms with Gasteiger partial charge in [-0.3, -0.25) is 19.7 Å². The molecule has 10 nitrogen and oxygen atoms in total. The first-order valence-corrected chi connectivity index (χ1v) is 10.4. The Bertz CT molecular complexity index is 1160. The number of rotatable bonds is 7. The van der Waals surface area contributed by atoms with Crippen LogP contribution >= 0.6 is 0 Å². The maximum Gasteiger partial charge on any atom is 0.295 e. The van der Waals surface area contributed by atoms with Gasteiger partial charge < -0.3 is 24.4 Å². The van der Waals surface area contributed by atoms with Crippen molar-refractivity contribution >= 4 is 23.1 Å². The molecule has 2 aliphatic heterocycles. The summed E-state index contributed by atoms with van der Waals surface area (Å²) in [6.07, 6.45) is 0.579. The number of ketones is 1. The fraction of sp³-hybridized carbons (Fsp3) is 0.304. The molecule has 2 heterocycles. The number of Topliss-reactive ketones (excluding diaryl/α,β-unsaturated/α-hetero) is 1. The lowest BCUT2D eigenvalue weighted by atomic mass is 9.95. The lowest BCUT2D eigenvalue weighted by molar-refractivity contribution is -0.384. The molecule has 172 valence electrons. The molecule has 1 saturated heterocycles. The number of likely N-dealkylation sites (tertiary alicyclic amines) is 1. The highest BCUT2D eigenvalue weighted by Gasteiger charge is 2.46. The van der Waals surface area contributed by atoms with Crippen LogP contribution in [0.3, 0.4) is 0 Å². The van der Waals surface area contributed by atoms with E-state index in [9.17, 15) is 24.8 Å². The summed E-state index contributed by atoms with van der Waals surface area (Å²) in [5.74, 6) is -1.06. The number of nitro groups is 1. The zero-order valence-electron chi connectivity index (χ0n) is 18.2. The summed E-state index contributed by atoms with van der Waals surface area (Å²) in [5.41, 5.74) is 0.357. The number of carbonyl (C=O) groups excluding carboxylic acids is 2. The molecule has 0 bridgehead atoms. The average Bonchev–Trinajstić information content (AvgIpc) is 3.36. The second-order valence-corrected chi connectivity index (χ2v) is 8.07. The third-order valence-corrected chi connectivity index (χ3v) is 5.59. The van der Waals surface area contributed by atoms with Gasteiger partial charge in [-0.1, -0.05) is 12.1 Å². The Kier molecular flexibility index (Phi) is 6.01. The van der Waals surface area contributed by atoms with Gasteiger partial charge in [-0.15, -0.1) is 0 Å². The van der Waals surface area contributed by atoms with Gasteiger partial charge in [0.1, 0.15) is 5.76 Å². The van der Waals surface area contributed by atoms with Crippen LogP contribution in [-0.2, 0) is 9.59 Å². The molecule has 1 N–H and O–H groups in total. The monoisotopic (exact) mass is 453 g/mol. The topological polar surface area (TPSA) is 122 Å². The lowest BCUT2D eigenvalue weighted by Crippen LogP contribution is -2.32. The van der Waals surface area contributed by atoms with Crippen molar-refractivity contribution < 1.29 is 29.1 Å². The number of nitro benzene ring substituents is 1. The van der Waals surface area contributed by atoms with Crippen LogP contribution in [0.1, 0.15) is 23.6 Å². The molecule has 1 atom stereocenters. The molecule has 1 amide bonds. The number of non-ortho nitro benzene ring substituents is 1. The van der Waals surface area contributed by atoms with E-state index in [1.807, 2.05) is 19.0 Å². The van der Waals surface area contributed by atoms with Gasteiger partial charge >= 0.3 is 0 Å². The Hall–Kier alpha value is -3.92. The number of amides is 1. The Labute approximate surface area is 189 Å². The van der Waals surface area contributed by atoms with Crippen molar-refractivity contribution in [1.29, 1.82) is 0 Å². The SMILES string of the molecule is CN(C)CCCN1C(=O)C(=O)C(=C(O)c2ccc3c(c2)OCO3)[C@H]1c1cccc([N+](=O)[O-])c1. The first-order valence-electron chi connectivity index (χ1n) is 10.4. The zero-order chi connectivity index (χ0) is 23.7. The summed E-state index contributed by atoms with van der Waals surface area (Å²) >= 11 is 0. The fourth-order valence-electron chi connectivity index (χ4n) is 4.02. The standard InChI is InChI=1S/C23H23N3O7/c1-24(2)9-4-10-25-20(14-5-3-6-16(11-14)26(30)31)19(22(28)23(25)29)21(27)15-7-8-17-18(12-15)33-13-32-17/h3,5-8,11-12,20,27H,4,9-10,13H2,1-2H3/t20-/m1/s1. The summed E-state index contributed by atoms with van der Waals surface area (Å²) in [7, 11) is 3.79. The number of carbonyl (C=O) groups is 2. The maximum absolute atomic E-state index is 13.1. The van der Waals surface area contributed by atoms with Gasteiger partial charge in [-0.25, -0.2) is 0 Å². The van der Waals surface area contributed by atoms with Crippen molar-refractivity contribution in [1.82, 2.24) is 9.80 Å². The van der Waals surface area contributed by atoms with E-state index in [0.717, 1.165) is 0 Å². The predicted octanol–water partition coefficient (Wildman–Crippen LogP) is 2.70. The highest BCUT2D eigenvalue weighted by atomic mass is 16.7. The smallest absolute Gasteiger partial charge is 0.295 e. The van der Waals surface area contributed by atoms with E-state index in [1.54, 1.807) is 18.2 Å². The molecule has 2 aromatic carbocycles. The van der Waals surface area contributed by atoms with Crippen LogP contribution < -0.4 is 9.47 Å². The Morgan fingerprint density at radius 3 is 2.67 bits per heavy atom. The zero-order valence-corrected chi connectivity index (χ0v) is 18.2. The Balaban J connectivity index is 1.81. The van der Waals surface area contributed by atoms with E-state index in [4.69, 9.17) is 9.47 Å². The summed E-state index contributed by atoms with van der Waals surface area (Å²) in [5, 5.41) is 22.5. The van der Waals surface area contributed by atoms with E-state index >= 15 is 0 Å². The van der Waals surface area contributed by atoms with Gasteiger partial charge in [0.15, 0.2) is 11.5 Å². The largest absolute Gasteiger partial charge is 0.507 e. The van der Waals surface area contributed by atoms with Crippen molar-refractivity contribution in [2.45, 2.75) is 12.5 Å². The highest BCUT2D eigenvalue weighted by molar-refractivity contribution is 6.46. The normalized spacial score (nSPS) is 18.9. The number of hydrogen-bond acceptors (Lipinski definition) is 8. The van der Waals surface area contributed by atoms with Gasteiger partial charge in [-0.05, 0) is 50.8 Å². The van der Waals surface area contributed by atoms with Gasteiger partial charge in [-0.2, -0.15) is 0 Å². The number of fused-ring (bicyclic) bond motifs is 1. The van der Waals surface area contributed by atoms with E-state index < -0.39 is 22.7 Å². The van der Waals surface area contributed by atoms with Gasteiger partial charge in [0.05, 0.1) is 16.5 Å². The molecule has 2 aliphatic rings. The molecule has 0 aromatic heterocycles. The molecule has 2 aromatic rings. The molecule has 0 spiro atoms. The van der Waals surface area contributed by atoms with Crippen LogP contribution in [0, 0.1) is 10.1 Å². The fourth-order valence-corrected chi connectivity index (χ4v) is 4.02. The molecule has 33 heavy (non-hydrogen) atoms. The van der Waals surface area contributed by atoms with Gasteiger partial charge in [0.2, 0.25) is 6.79 Å². The Morgan fingerprint density at radius 1 is 1.18 bits per heavy atom. The highest BCUT2D eigenvalue weighted by Crippen LogP contribution is 2.42. The number of aliphatic hydroxyl groups is 1. The first kappa shape index (κ1) is 22.3. The van der Waals surface area contributed by atoms with E-state index in [2.05, 4.69) is 0 Å². The molecule has 0 radical (unpaired) electrons. The average molecular weight is 453 g/mol. The van der Waals surface area contributed by atoms with Crippen molar-refractivity contribution in [3.05, 3.63) is 69.3 Å². The quantitative estimate of drug-likeness (QED) is 0.223. The van der Waals surface area contributed by atoms with Crippen LogP contribution in [0.5, 0.6) is 11.5 Å². The number of nitrogens with zero attached hydrogens (tertiary/aromatic N) is 3. The first-order chi connectivity index (χ1) is 15.8. The third-order valence-electron chi connectivity index (χ3n) is 5.59. The van der Waals surface area contributed by atoms with E-state index in [-0.39, 0.29) is 35.9 Å². The number of ether oxygens (including phenoxy) is 2. The van der Waals surface area contributed by atoms with Gasteiger partial charge in [0.25, 0.3) is 17.4 Å². The second kappa shape index (κ2) is 8.91. The van der Waals surface area contributed by atoms with Crippen LogP contribution in [0.15, 0.2) is 48.0 Å². The van der Waals surface area contributed by atoms with Crippen molar-refractivity contribution in [2.24, 2.45) is 0 Å². The molecule has 0 saturated carbocycles. The lowest BCUT2D eigenvalue weighted by Gasteiger charge is -2.25. The molecule has 4 rings (SSSR count). The maximum atomic E-state index is 13.1. The molecule has 1 fully saturated rings. The third kappa shape index (κ3) is 4.24. The molecular weight excluding hydrogens is 430 g/mol. The minimum absolute atomic E-state index is 0.0451. The van der Waals surface area contributed by atoms with Crippen LogP contribution in [0.4, 0.5) is 5.69 Å². The number of aliphatic hydroxyl groups excluding tert-OH is 1. The second-order valence-electron chi connectivity index (χ2n) is 8.07. The minimum Gasteiger partial charge on any atom is -0.507 e. The van der Waals surface area contributed by atoms with E-state index in [0.29, 0.717) is 30.0 Å². The van der Waals surface area contributed by atoms with Crippen LogP contribution in [0.2, 0.25) is 0 Å². The molecule has 0 aliphatic carbocycles. The number of benzene rings is 2.